The predicted octanol–water partition coefficient (Wildman–Crippen LogP) is 2.73. The standard InChI is InChI=1S/C21H26ClF3N6O2/c1-20(2,3)28-17(32)13-29-7-4-8-30(10-9-29)15-12-27-31(19(33)18(15)22)16-6-5-14(11-26-16)21(23,24)25/h5-6,11-12H,4,7-10,13H2,1-3H3,(H,28,32). The van der Waals surface area contributed by atoms with Gasteiger partial charge < -0.3 is 10.2 Å². The molecule has 12 heteroatoms. The topological polar surface area (TPSA) is 83.4 Å². The van der Waals surface area contributed by atoms with Crippen molar-refractivity contribution < 1.29 is 18.0 Å². The highest BCUT2D eigenvalue weighted by Crippen LogP contribution is 2.29. The molecule has 0 unspecified atom stereocenters. The summed E-state index contributed by atoms with van der Waals surface area (Å²) in [6, 6.07) is 1.90. The second-order valence-corrected chi connectivity index (χ2v) is 9.26. The molecule has 0 spiro atoms. The van der Waals surface area contributed by atoms with E-state index >= 15 is 0 Å². The smallest absolute Gasteiger partial charge is 0.368 e. The quantitative estimate of drug-likeness (QED) is 0.715. The van der Waals surface area contributed by atoms with Crippen molar-refractivity contribution in [1.29, 1.82) is 0 Å². The van der Waals surface area contributed by atoms with E-state index in [1.165, 1.54) is 6.20 Å². The van der Waals surface area contributed by atoms with E-state index in [1.807, 2.05) is 30.6 Å². The van der Waals surface area contributed by atoms with Gasteiger partial charge in [-0.05, 0) is 39.3 Å². The fourth-order valence-electron chi connectivity index (χ4n) is 3.52. The van der Waals surface area contributed by atoms with Crippen LogP contribution in [0.15, 0.2) is 29.3 Å². The first-order valence-corrected chi connectivity index (χ1v) is 10.8. The average Bonchev–Trinajstić information content (AvgIpc) is 2.93. The Morgan fingerprint density at radius 1 is 1.12 bits per heavy atom. The van der Waals surface area contributed by atoms with Crippen molar-refractivity contribution in [3.63, 3.8) is 0 Å². The summed E-state index contributed by atoms with van der Waals surface area (Å²) in [5.41, 5.74) is -1.47. The highest BCUT2D eigenvalue weighted by Gasteiger charge is 2.31. The summed E-state index contributed by atoms with van der Waals surface area (Å²) in [6.45, 7) is 8.50. The number of anilines is 1. The van der Waals surface area contributed by atoms with Gasteiger partial charge in [0.15, 0.2) is 5.82 Å². The highest BCUT2D eigenvalue weighted by molar-refractivity contribution is 6.33. The minimum Gasteiger partial charge on any atom is -0.368 e. The molecule has 1 aliphatic heterocycles. The van der Waals surface area contributed by atoms with E-state index in [9.17, 15) is 22.8 Å². The molecule has 33 heavy (non-hydrogen) atoms. The second kappa shape index (κ2) is 9.68. The molecule has 1 saturated heterocycles. The van der Waals surface area contributed by atoms with Crippen LogP contribution in [0.4, 0.5) is 18.9 Å². The fraction of sp³-hybridized carbons (Fsp3) is 0.524. The van der Waals surface area contributed by atoms with Crippen molar-refractivity contribution in [2.45, 2.75) is 38.9 Å². The van der Waals surface area contributed by atoms with E-state index in [1.54, 1.807) is 0 Å². The largest absolute Gasteiger partial charge is 0.417 e. The Balaban J connectivity index is 1.72. The molecule has 0 radical (unpaired) electrons. The van der Waals surface area contributed by atoms with E-state index in [0.29, 0.717) is 38.1 Å². The number of carbonyl (C=O) groups is 1. The Morgan fingerprint density at radius 3 is 2.45 bits per heavy atom. The molecular formula is C21H26ClF3N6O2. The number of nitrogens with zero attached hydrogens (tertiary/aromatic N) is 5. The summed E-state index contributed by atoms with van der Waals surface area (Å²) in [4.78, 5) is 32.6. The molecule has 3 heterocycles. The van der Waals surface area contributed by atoms with Crippen molar-refractivity contribution in [2.24, 2.45) is 0 Å². The molecule has 8 nitrogen and oxygen atoms in total. The molecule has 180 valence electrons. The summed E-state index contributed by atoms with van der Waals surface area (Å²) in [5.74, 6) is -0.115. The molecular weight excluding hydrogens is 461 g/mol. The van der Waals surface area contributed by atoms with Crippen LogP contribution >= 0.6 is 11.6 Å². The Morgan fingerprint density at radius 2 is 1.85 bits per heavy atom. The third-order valence-corrected chi connectivity index (χ3v) is 5.36. The van der Waals surface area contributed by atoms with Crippen molar-refractivity contribution >= 4 is 23.2 Å². The van der Waals surface area contributed by atoms with Crippen molar-refractivity contribution in [3.05, 3.63) is 45.5 Å². The maximum atomic E-state index is 12.8. The van der Waals surface area contributed by atoms with Crippen LogP contribution in [0, 0.1) is 0 Å². The number of rotatable bonds is 4. The highest BCUT2D eigenvalue weighted by atomic mass is 35.5. The van der Waals surface area contributed by atoms with Gasteiger partial charge in [0.25, 0.3) is 5.56 Å². The first kappa shape index (κ1) is 25.0. The summed E-state index contributed by atoms with van der Waals surface area (Å²) >= 11 is 6.33. The van der Waals surface area contributed by atoms with Gasteiger partial charge in [0.2, 0.25) is 5.91 Å². The molecule has 3 rings (SSSR count). The Bertz CT molecular complexity index is 1050. The zero-order valence-corrected chi connectivity index (χ0v) is 19.4. The molecule has 0 aromatic carbocycles. The molecule has 0 saturated carbocycles. The number of pyridine rings is 1. The number of carbonyl (C=O) groups excluding carboxylic acids is 1. The van der Waals surface area contributed by atoms with Gasteiger partial charge in [-0.1, -0.05) is 11.6 Å². The van der Waals surface area contributed by atoms with Crippen molar-refractivity contribution in [2.75, 3.05) is 37.6 Å². The predicted molar refractivity (Wildman–Crippen MR) is 119 cm³/mol. The minimum absolute atomic E-state index is 0.0534. The first-order chi connectivity index (χ1) is 15.3. The van der Waals surface area contributed by atoms with Crippen molar-refractivity contribution in [1.82, 2.24) is 25.0 Å². The molecule has 1 amide bonds. The van der Waals surface area contributed by atoms with E-state index < -0.39 is 17.3 Å². The Hall–Kier alpha value is -2.66. The third-order valence-electron chi connectivity index (χ3n) is 5.00. The summed E-state index contributed by atoms with van der Waals surface area (Å²) in [7, 11) is 0. The molecule has 0 bridgehead atoms. The van der Waals surface area contributed by atoms with E-state index in [4.69, 9.17) is 11.6 Å². The van der Waals surface area contributed by atoms with Gasteiger partial charge >= 0.3 is 6.18 Å². The number of amides is 1. The van der Waals surface area contributed by atoms with Crippen LogP contribution < -0.4 is 15.8 Å². The van der Waals surface area contributed by atoms with Crippen LogP contribution in [0.2, 0.25) is 5.02 Å². The Kier molecular flexibility index (Phi) is 7.32. The first-order valence-electron chi connectivity index (χ1n) is 10.4. The van der Waals surface area contributed by atoms with Crippen LogP contribution in [0.1, 0.15) is 32.8 Å². The number of nitrogens with one attached hydrogen (secondary N) is 1. The molecule has 0 aliphatic carbocycles. The van der Waals surface area contributed by atoms with Gasteiger partial charge in [0.1, 0.15) is 5.02 Å². The van der Waals surface area contributed by atoms with Crippen LogP contribution in [0.3, 0.4) is 0 Å². The third kappa shape index (κ3) is 6.44. The van der Waals surface area contributed by atoms with Gasteiger partial charge in [-0.3, -0.25) is 14.5 Å². The van der Waals surface area contributed by atoms with E-state index in [2.05, 4.69) is 15.4 Å². The average molecular weight is 487 g/mol. The zero-order chi connectivity index (χ0) is 24.4. The van der Waals surface area contributed by atoms with Crippen LogP contribution in [0.25, 0.3) is 5.82 Å². The van der Waals surface area contributed by atoms with Gasteiger partial charge in [-0.15, -0.1) is 0 Å². The lowest BCUT2D eigenvalue weighted by Gasteiger charge is -2.25. The Labute approximate surface area is 194 Å². The van der Waals surface area contributed by atoms with Crippen LogP contribution in [0.5, 0.6) is 0 Å². The van der Waals surface area contributed by atoms with Crippen LogP contribution in [-0.4, -0.2) is 63.8 Å². The number of halogens is 4. The lowest BCUT2D eigenvalue weighted by atomic mass is 10.1. The van der Waals surface area contributed by atoms with Gasteiger partial charge in [-0.2, -0.15) is 23.0 Å². The zero-order valence-electron chi connectivity index (χ0n) is 18.6. The molecule has 2 aromatic heterocycles. The van der Waals surface area contributed by atoms with Gasteiger partial charge in [0.05, 0.1) is 24.0 Å². The monoisotopic (exact) mass is 486 g/mol. The van der Waals surface area contributed by atoms with Gasteiger partial charge in [-0.25, -0.2) is 4.98 Å². The second-order valence-electron chi connectivity index (χ2n) is 8.88. The summed E-state index contributed by atoms with van der Waals surface area (Å²) < 4.78 is 39.1. The molecule has 0 atom stereocenters. The van der Waals surface area contributed by atoms with Crippen molar-refractivity contribution in [3.8, 4) is 5.82 Å². The van der Waals surface area contributed by atoms with E-state index in [-0.39, 0.29) is 28.8 Å². The molecule has 1 fully saturated rings. The normalized spacial score (nSPS) is 15.9. The number of alkyl halides is 3. The molecule has 1 N–H and O–H groups in total. The van der Waals surface area contributed by atoms with E-state index in [0.717, 1.165) is 23.2 Å². The minimum atomic E-state index is -4.53. The number of hydrogen-bond donors (Lipinski definition) is 1. The molecule has 1 aliphatic rings. The van der Waals surface area contributed by atoms with Gasteiger partial charge in [0, 0.05) is 37.9 Å². The van der Waals surface area contributed by atoms with Crippen LogP contribution in [-0.2, 0) is 11.0 Å². The lowest BCUT2D eigenvalue weighted by Crippen LogP contribution is -2.46. The maximum absolute atomic E-state index is 12.8. The number of aromatic nitrogens is 3. The number of hydrogen-bond acceptors (Lipinski definition) is 6. The SMILES string of the molecule is CC(C)(C)NC(=O)CN1CCCN(c2cnn(-c3ccc(C(F)(F)F)cn3)c(=O)c2Cl)CC1. The summed E-state index contributed by atoms with van der Waals surface area (Å²) in [5, 5.41) is 6.92. The fourth-order valence-corrected chi connectivity index (χ4v) is 3.77. The summed E-state index contributed by atoms with van der Waals surface area (Å²) in [6.07, 6.45) is -1.72. The maximum Gasteiger partial charge on any atom is 0.417 e. The molecule has 2 aromatic rings. The lowest BCUT2D eigenvalue weighted by molar-refractivity contribution is -0.137.